The average Bonchev–Trinajstić information content (AvgIpc) is 2.80. The first-order valence-corrected chi connectivity index (χ1v) is 6.87. The van der Waals surface area contributed by atoms with Gasteiger partial charge >= 0.3 is 0 Å². The number of fused-ring (bicyclic) bond motifs is 3. The van der Waals surface area contributed by atoms with E-state index in [1.54, 1.807) is 13.8 Å². The second-order valence-corrected chi connectivity index (χ2v) is 5.93. The second kappa shape index (κ2) is 4.57. The molecular formula is C17H16N2O2. The summed E-state index contributed by atoms with van der Waals surface area (Å²) in [5.74, 6) is -0.188. The van der Waals surface area contributed by atoms with Crippen LogP contribution in [-0.2, 0) is 0 Å². The van der Waals surface area contributed by atoms with Crippen LogP contribution in [0.2, 0.25) is 0 Å². The maximum Gasteiger partial charge on any atom is 0.256 e. The van der Waals surface area contributed by atoms with Gasteiger partial charge in [0.25, 0.3) is 5.91 Å². The number of benzene rings is 2. The van der Waals surface area contributed by atoms with Crippen molar-refractivity contribution in [3.63, 3.8) is 0 Å². The summed E-state index contributed by atoms with van der Waals surface area (Å²) in [6, 6.07) is 13.0. The minimum absolute atomic E-state index is 0.188. The molecule has 3 rings (SSSR count). The average molecular weight is 280 g/mol. The molecule has 0 aromatic heterocycles. The van der Waals surface area contributed by atoms with E-state index in [0.717, 1.165) is 16.3 Å². The van der Waals surface area contributed by atoms with Gasteiger partial charge in [0.15, 0.2) is 0 Å². The minimum atomic E-state index is -0.780. The molecule has 0 saturated heterocycles. The summed E-state index contributed by atoms with van der Waals surface area (Å²) < 4.78 is 0. The molecule has 0 saturated carbocycles. The van der Waals surface area contributed by atoms with Crippen molar-refractivity contribution < 1.29 is 9.90 Å². The van der Waals surface area contributed by atoms with E-state index in [0.29, 0.717) is 5.56 Å². The Kier molecular flexibility index (Phi) is 2.96. The highest BCUT2D eigenvalue weighted by Gasteiger charge is 2.45. The largest absolute Gasteiger partial charge is 0.394 e. The summed E-state index contributed by atoms with van der Waals surface area (Å²) in [5, 5.41) is 20.9. The van der Waals surface area contributed by atoms with Crippen LogP contribution in [0.3, 0.4) is 0 Å². The Morgan fingerprint density at radius 3 is 2.67 bits per heavy atom. The summed E-state index contributed by atoms with van der Waals surface area (Å²) in [5.41, 5.74) is 0.529. The number of nitriles is 1. The molecule has 4 nitrogen and oxygen atoms in total. The Hall–Kier alpha value is -2.38. The minimum Gasteiger partial charge on any atom is -0.394 e. The zero-order valence-corrected chi connectivity index (χ0v) is 12.0. The molecule has 0 aliphatic carbocycles. The molecule has 0 radical (unpaired) electrons. The number of rotatable bonds is 2. The van der Waals surface area contributed by atoms with Gasteiger partial charge in [-0.1, -0.05) is 36.4 Å². The molecule has 1 amide bonds. The lowest BCUT2D eigenvalue weighted by molar-refractivity contribution is 0.0338. The van der Waals surface area contributed by atoms with Crippen LogP contribution in [0.5, 0.6) is 0 Å². The van der Waals surface area contributed by atoms with E-state index in [9.17, 15) is 15.2 Å². The van der Waals surface area contributed by atoms with Gasteiger partial charge in [-0.25, -0.2) is 0 Å². The molecule has 1 heterocycles. The molecule has 21 heavy (non-hydrogen) atoms. The van der Waals surface area contributed by atoms with Crippen LogP contribution in [0.25, 0.3) is 10.8 Å². The van der Waals surface area contributed by atoms with Gasteiger partial charge in [0.2, 0.25) is 0 Å². The SMILES string of the molecule is CC(C)(CO)N1C(=O)c2c(ccc3ccccc23)C1C#N. The topological polar surface area (TPSA) is 64.3 Å². The Bertz CT molecular complexity index is 774. The van der Waals surface area contributed by atoms with Crippen molar-refractivity contribution in [1.82, 2.24) is 4.90 Å². The molecular weight excluding hydrogens is 264 g/mol. The van der Waals surface area contributed by atoms with Crippen molar-refractivity contribution in [2.75, 3.05) is 6.61 Å². The van der Waals surface area contributed by atoms with Crippen LogP contribution in [0.15, 0.2) is 36.4 Å². The number of hydrogen-bond donors (Lipinski definition) is 1. The van der Waals surface area contributed by atoms with E-state index in [1.165, 1.54) is 4.90 Å². The maximum atomic E-state index is 12.8. The zero-order valence-electron chi connectivity index (χ0n) is 12.0. The fourth-order valence-corrected chi connectivity index (χ4v) is 2.96. The van der Waals surface area contributed by atoms with Crippen LogP contribution in [0, 0.1) is 11.3 Å². The smallest absolute Gasteiger partial charge is 0.256 e. The van der Waals surface area contributed by atoms with E-state index < -0.39 is 11.6 Å². The van der Waals surface area contributed by atoms with Gasteiger partial charge in [0.05, 0.1) is 23.8 Å². The summed E-state index contributed by atoms with van der Waals surface area (Å²) in [4.78, 5) is 14.3. The first kappa shape index (κ1) is 13.6. The van der Waals surface area contributed by atoms with Gasteiger partial charge < -0.3 is 10.0 Å². The van der Waals surface area contributed by atoms with Crippen molar-refractivity contribution in [2.45, 2.75) is 25.4 Å². The maximum absolute atomic E-state index is 12.8. The molecule has 106 valence electrons. The van der Waals surface area contributed by atoms with Crippen molar-refractivity contribution in [3.8, 4) is 6.07 Å². The molecule has 1 N–H and O–H groups in total. The van der Waals surface area contributed by atoms with Gasteiger partial charge in [0.1, 0.15) is 6.04 Å². The lowest BCUT2D eigenvalue weighted by Crippen LogP contribution is -2.48. The Balaban J connectivity index is 2.28. The predicted molar refractivity (Wildman–Crippen MR) is 79.6 cm³/mol. The van der Waals surface area contributed by atoms with Crippen LogP contribution in [0.4, 0.5) is 0 Å². The molecule has 2 aromatic carbocycles. The van der Waals surface area contributed by atoms with Gasteiger partial charge in [-0.3, -0.25) is 4.79 Å². The highest BCUT2D eigenvalue weighted by molar-refractivity contribution is 6.11. The van der Waals surface area contributed by atoms with Crippen LogP contribution >= 0.6 is 0 Å². The molecule has 0 fully saturated rings. The lowest BCUT2D eigenvalue weighted by Gasteiger charge is -2.36. The molecule has 0 bridgehead atoms. The molecule has 2 aromatic rings. The van der Waals surface area contributed by atoms with Crippen molar-refractivity contribution in [3.05, 3.63) is 47.5 Å². The summed E-state index contributed by atoms with van der Waals surface area (Å²) in [6.07, 6.45) is 0. The predicted octanol–water partition coefficient (Wildman–Crippen LogP) is 2.63. The lowest BCUT2D eigenvalue weighted by atomic mass is 9.98. The summed E-state index contributed by atoms with van der Waals surface area (Å²) in [7, 11) is 0. The van der Waals surface area contributed by atoms with Gasteiger partial charge in [0, 0.05) is 5.56 Å². The molecule has 1 aliphatic rings. The molecule has 1 unspecified atom stereocenters. The number of hydrogen-bond acceptors (Lipinski definition) is 3. The third kappa shape index (κ3) is 1.82. The molecule has 4 heteroatoms. The zero-order chi connectivity index (χ0) is 15.2. The number of nitrogens with zero attached hydrogens (tertiary/aromatic N) is 2. The van der Waals surface area contributed by atoms with E-state index >= 15 is 0 Å². The number of carbonyl (C=O) groups is 1. The number of aliphatic hydroxyl groups excluding tert-OH is 1. The standard InChI is InChI=1S/C17H16N2O2/c1-17(2,10-20)19-14(9-18)13-8-7-11-5-3-4-6-12(11)15(13)16(19)21/h3-8,14,20H,10H2,1-2H3. The van der Waals surface area contributed by atoms with Gasteiger partial charge in [-0.2, -0.15) is 5.26 Å². The molecule has 1 aliphatic heterocycles. The third-order valence-corrected chi connectivity index (χ3v) is 4.11. The number of amides is 1. The fourth-order valence-electron chi connectivity index (χ4n) is 2.96. The quantitative estimate of drug-likeness (QED) is 0.919. The van der Waals surface area contributed by atoms with E-state index in [4.69, 9.17) is 0 Å². The fraction of sp³-hybridized carbons (Fsp3) is 0.294. The monoisotopic (exact) mass is 280 g/mol. The van der Waals surface area contributed by atoms with E-state index in [1.807, 2.05) is 36.4 Å². The van der Waals surface area contributed by atoms with Crippen molar-refractivity contribution in [1.29, 1.82) is 5.26 Å². The summed E-state index contributed by atoms with van der Waals surface area (Å²) in [6.45, 7) is 3.34. The summed E-state index contributed by atoms with van der Waals surface area (Å²) >= 11 is 0. The van der Waals surface area contributed by atoms with Crippen molar-refractivity contribution in [2.24, 2.45) is 0 Å². The van der Waals surface area contributed by atoms with Gasteiger partial charge in [-0.05, 0) is 24.6 Å². The first-order chi connectivity index (χ1) is 10.0. The van der Waals surface area contributed by atoms with E-state index in [-0.39, 0.29) is 12.5 Å². The number of aliphatic hydroxyl groups is 1. The first-order valence-electron chi connectivity index (χ1n) is 6.87. The van der Waals surface area contributed by atoms with Crippen LogP contribution in [0.1, 0.15) is 35.8 Å². The normalized spacial score (nSPS) is 17.9. The Labute approximate surface area is 123 Å². The Morgan fingerprint density at radius 1 is 1.29 bits per heavy atom. The number of carbonyl (C=O) groups excluding carboxylic acids is 1. The molecule has 1 atom stereocenters. The van der Waals surface area contributed by atoms with Gasteiger partial charge in [-0.15, -0.1) is 0 Å². The second-order valence-electron chi connectivity index (χ2n) is 5.93. The highest BCUT2D eigenvalue weighted by Crippen LogP contribution is 2.41. The van der Waals surface area contributed by atoms with E-state index in [2.05, 4.69) is 6.07 Å². The van der Waals surface area contributed by atoms with Crippen LogP contribution in [-0.4, -0.2) is 28.1 Å². The Morgan fingerprint density at radius 2 is 2.00 bits per heavy atom. The molecule has 0 spiro atoms. The highest BCUT2D eigenvalue weighted by atomic mass is 16.3. The van der Waals surface area contributed by atoms with Crippen molar-refractivity contribution >= 4 is 16.7 Å². The third-order valence-electron chi connectivity index (χ3n) is 4.11. The van der Waals surface area contributed by atoms with Crippen LogP contribution < -0.4 is 0 Å².